The van der Waals surface area contributed by atoms with E-state index < -0.39 is 29.9 Å². The second kappa shape index (κ2) is 3.65. The molecule has 94 valence electrons. The molecule has 0 bridgehead atoms. The molecule has 16 heavy (non-hydrogen) atoms. The maximum atomic E-state index is 9.68. The van der Waals surface area contributed by atoms with Crippen LogP contribution in [0.25, 0.3) is 0 Å². The number of methoxy groups -OCH3 is 1. The highest BCUT2D eigenvalue weighted by molar-refractivity contribution is 5.05. The minimum Gasteiger partial charge on any atom is -0.391 e. The summed E-state index contributed by atoms with van der Waals surface area (Å²) < 4.78 is 22.5. The molecule has 5 nitrogen and oxygen atoms in total. The van der Waals surface area contributed by atoms with E-state index in [0.717, 1.165) is 0 Å². The lowest BCUT2D eigenvalue weighted by molar-refractivity contribution is -0.255. The molecule has 2 fully saturated rings. The summed E-state index contributed by atoms with van der Waals surface area (Å²) in [5, 5.41) is 9.68. The Morgan fingerprint density at radius 2 is 1.94 bits per heavy atom. The van der Waals surface area contributed by atoms with Crippen LogP contribution in [0.15, 0.2) is 0 Å². The Morgan fingerprint density at radius 1 is 1.31 bits per heavy atom. The number of hydrogen-bond donors (Lipinski definition) is 1. The predicted octanol–water partition coefficient (Wildman–Crippen LogP) is 0.649. The largest absolute Gasteiger partial charge is 0.391 e. The molecule has 0 aromatic rings. The molecule has 0 spiro atoms. The number of ether oxygens (including phenoxy) is 4. The van der Waals surface area contributed by atoms with Crippen LogP contribution in [0, 0.1) is 0 Å². The van der Waals surface area contributed by atoms with Gasteiger partial charge in [0.2, 0.25) is 0 Å². The number of aliphatic hydroxyl groups is 1. The van der Waals surface area contributed by atoms with Crippen LogP contribution in [0.2, 0.25) is 0 Å². The monoisotopic (exact) mass is 232 g/mol. The molecular weight excluding hydrogens is 212 g/mol. The number of fused-ring (bicyclic) bond motifs is 1. The molecule has 5 atom stereocenters. The molecule has 2 aliphatic rings. The molecule has 2 aliphatic heterocycles. The lowest BCUT2D eigenvalue weighted by Crippen LogP contribution is -2.45. The minimum atomic E-state index is -0.673. The first-order valence-electron chi connectivity index (χ1n) is 5.54. The van der Waals surface area contributed by atoms with Crippen molar-refractivity contribution in [1.29, 1.82) is 0 Å². The van der Waals surface area contributed by atoms with Crippen LogP contribution in [0.3, 0.4) is 0 Å². The molecule has 0 amide bonds. The molecule has 0 saturated carbocycles. The van der Waals surface area contributed by atoms with Crippen LogP contribution in [0.1, 0.15) is 27.7 Å². The third-order valence-electron chi connectivity index (χ3n) is 3.18. The van der Waals surface area contributed by atoms with E-state index in [4.69, 9.17) is 18.9 Å². The highest BCUT2D eigenvalue weighted by Gasteiger charge is 2.64. The summed E-state index contributed by atoms with van der Waals surface area (Å²) in [5.41, 5.74) is -0.667. The molecular formula is C11H20O5. The zero-order valence-electron chi connectivity index (χ0n) is 10.4. The molecule has 0 aromatic heterocycles. The van der Waals surface area contributed by atoms with E-state index >= 15 is 0 Å². The van der Waals surface area contributed by atoms with Gasteiger partial charge in [0.1, 0.15) is 17.8 Å². The van der Waals surface area contributed by atoms with Crippen LogP contribution >= 0.6 is 0 Å². The van der Waals surface area contributed by atoms with E-state index in [2.05, 4.69) is 0 Å². The van der Waals surface area contributed by atoms with Crippen LogP contribution in [0.4, 0.5) is 0 Å². The highest BCUT2D eigenvalue weighted by Crippen LogP contribution is 2.47. The van der Waals surface area contributed by atoms with Gasteiger partial charge in [-0.1, -0.05) is 0 Å². The Labute approximate surface area is 95.6 Å². The van der Waals surface area contributed by atoms with E-state index in [-0.39, 0.29) is 6.10 Å². The van der Waals surface area contributed by atoms with E-state index in [9.17, 15) is 5.11 Å². The summed E-state index contributed by atoms with van der Waals surface area (Å²) in [6.45, 7) is 7.27. The van der Waals surface area contributed by atoms with Crippen molar-refractivity contribution in [3.8, 4) is 0 Å². The molecule has 5 heteroatoms. The van der Waals surface area contributed by atoms with Crippen molar-refractivity contribution in [2.45, 2.75) is 63.7 Å². The van der Waals surface area contributed by atoms with Gasteiger partial charge in [0, 0.05) is 7.11 Å². The molecule has 2 heterocycles. The number of aliphatic hydroxyl groups excluding tert-OH is 1. The third-order valence-corrected chi connectivity index (χ3v) is 3.18. The van der Waals surface area contributed by atoms with Gasteiger partial charge in [-0.25, -0.2) is 0 Å². The molecule has 1 unspecified atom stereocenters. The first-order valence-corrected chi connectivity index (χ1v) is 5.54. The maximum absolute atomic E-state index is 9.68. The Bertz CT molecular complexity index is 278. The zero-order chi connectivity index (χ0) is 12.1. The van der Waals surface area contributed by atoms with E-state index in [1.807, 2.05) is 20.8 Å². The molecule has 0 aliphatic carbocycles. The van der Waals surface area contributed by atoms with Gasteiger partial charge in [0.05, 0.1) is 6.10 Å². The van der Waals surface area contributed by atoms with Crippen molar-refractivity contribution in [2.75, 3.05) is 7.11 Å². The standard InChI is InChI=1S/C11H20O5/c1-6(12)7-8-11(4,9(13-5)14-7)16-10(2,3)15-8/h6-9,12H,1-5H3/t6-,7-,8-,9?,11-/m1/s1. The van der Waals surface area contributed by atoms with Crippen molar-refractivity contribution >= 4 is 0 Å². The zero-order valence-corrected chi connectivity index (χ0v) is 10.4. The Hall–Kier alpha value is -0.200. The van der Waals surface area contributed by atoms with Gasteiger partial charge in [0.25, 0.3) is 0 Å². The average molecular weight is 232 g/mol. The summed E-state index contributed by atoms with van der Waals surface area (Å²) in [6.07, 6.45) is -1.87. The summed E-state index contributed by atoms with van der Waals surface area (Å²) in [4.78, 5) is 0. The number of hydrogen-bond acceptors (Lipinski definition) is 5. The normalized spacial score (nSPS) is 48.0. The van der Waals surface area contributed by atoms with Crippen molar-refractivity contribution in [2.24, 2.45) is 0 Å². The molecule has 0 aromatic carbocycles. The molecule has 0 radical (unpaired) electrons. The van der Waals surface area contributed by atoms with Gasteiger partial charge in [-0.15, -0.1) is 0 Å². The second-order valence-corrected chi connectivity index (χ2v) is 5.13. The fraction of sp³-hybridized carbons (Fsp3) is 1.00. The third kappa shape index (κ3) is 1.67. The topological polar surface area (TPSA) is 57.2 Å². The van der Waals surface area contributed by atoms with E-state index in [0.29, 0.717) is 0 Å². The lowest BCUT2D eigenvalue weighted by atomic mass is 9.95. The lowest BCUT2D eigenvalue weighted by Gasteiger charge is -2.28. The predicted molar refractivity (Wildman–Crippen MR) is 55.8 cm³/mol. The van der Waals surface area contributed by atoms with E-state index in [1.165, 1.54) is 0 Å². The molecule has 2 rings (SSSR count). The maximum Gasteiger partial charge on any atom is 0.189 e. The first-order chi connectivity index (χ1) is 7.30. The Balaban J connectivity index is 2.28. The van der Waals surface area contributed by atoms with Gasteiger partial charge in [0.15, 0.2) is 12.1 Å². The number of rotatable bonds is 2. The highest BCUT2D eigenvalue weighted by atomic mass is 16.8. The van der Waals surface area contributed by atoms with Gasteiger partial charge < -0.3 is 24.1 Å². The second-order valence-electron chi connectivity index (χ2n) is 5.13. The molecule has 2 saturated heterocycles. The Kier molecular flexibility index (Phi) is 2.79. The quantitative estimate of drug-likeness (QED) is 0.757. The smallest absolute Gasteiger partial charge is 0.189 e. The van der Waals surface area contributed by atoms with E-state index in [1.54, 1.807) is 14.0 Å². The van der Waals surface area contributed by atoms with Gasteiger partial charge in [-0.05, 0) is 27.7 Å². The summed E-state index contributed by atoms with van der Waals surface area (Å²) in [7, 11) is 1.56. The fourth-order valence-electron chi connectivity index (χ4n) is 2.62. The van der Waals surface area contributed by atoms with Gasteiger partial charge in [-0.3, -0.25) is 0 Å². The Morgan fingerprint density at radius 3 is 2.44 bits per heavy atom. The van der Waals surface area contributed by atoms with Crippen molar-refractivity contribution in [3.05, 3.63) is 0 Å². The summed E-state index contributed by atoms with van der Waals surface area (Å²) in [6, 6.07) is 0. The van der Waals surface area contributed by atoms with Crippen molar-refractivity contribution in [1.82, 2.24) is 0 Å². The minimum absolute atomic E-state index is 0.313. The average Bonchev–Trinajstić information content (AvgIpc) is 2.50. The van der Waals surface area contributed by atoms with Crippen molar-refractivity contribution < 1.29 is 24.1 Å². The van der Waals surface area contributed by atoms with Crippen LogP contribution in [-0.4, -0.2) is 48.2 Å². The van der Waals surface area contributed by atoms with Gasteiger partial charge in [-0.2, -0.15) is 0 Å². The SMILES string of the molecule is COC1O[C@H]([C@@H](C)O)[C@H]2OC(C)(C)O[C@@]12C. The van der Waals surface area contributed by atoms with Crippen LogP contribution in [0.5, 0.6) is 0 Å². The first kappa shape index (κ1) is 12.3. The van der Waals surface area contributed by atoms with Crippen molar-refractivity contribution in [3.63, 3.8) is 0 Å². The van der Waals surface area contributed by atoms with Gasteiger partial charge >= 0.3 is 0 Å². The van der Waals surface area contributed by atoms with Crippen LogP contribution < -0.4 is 0 Å². The molecule has 1 N–H and O–H groups in total. The summed E-state index contributed by atoms with van der Waals surface area (Å²) in [5.74, 6) is -0.673. The summed E-state index contributed by atoms with van der Waals surface area (Å²) >= 11 is 0. The van der Waals surface area contributed by atoms with Crippen LogP contribution in [-0.2, 0) is 18.9 Å². The fourth-order valence-corrected chi connectivity index (χ4v) is 2.62.